The smallest absolute Gasteiger partial charge is 0.320 e. The summed E-state index contributed by atoms with van der Waals surface area (Å²) >= 11 is 0. The molecule has 1 N–H and O–H groups in total. The van der Waals surface area contributed by atoms with Crippen LogP contribution in [0.15, 0.2) is 48.5 Å². The molecule has 7 heteroatoms. The lowest BCUT2D eigenvalue weighted by Crippen LogP contribution is -2.59. The summed E-state index contributed by atoms with van der Waals surface area (Å²) < 4.78 is 26.9. The minimum absolute atomic E-state index is 0.0197. The lowest BCUT2D eigenvalue weighted by Gasteiger charge is -2.43. The molecule has 2 aliphatic heterocycles. The molecule has 0 saturated carbocycles. The Hall–Kier alpha value is -2.38. The van der Waals surface area contributed by atoms with Gasteiger partial charge >= 0.3 is 6.03 Å². The molecule has 0 spiro atoms. The minimum atomic E-state index is -3.37. The maximum absolute atomic E-state index is 13.3. The Morgan fingerprint density at radius 3 is 2.65 bits per heavy atom. The summed E-state index contributed by atoms with van der Waals surface area (Å²) in [5.74, 6) is 0. The summed E-state index contributed by atoms with van der Waals surface area (Å²) in [6, 6.07) is 16.4. The molecule has 2 amide bonds. The van der Waals surface area contributed by atoms with E-state index in [1.807, 2.05) is 11.9 Å². The molecule has 2 heterocycles. The lowest BCUT2D eigenvalue weighted by molar-refractivity contribution is 0.108. The molecule has 2 aromatic carbocycles. The maximum atomic E-state index is 13.3. The number of hydrogen-bond acceptors (Lipinski definition) is 3. The number of sulfonamides is 1. The highest BCUT2D eigenvalue weighted by molar-refractivity contribution is 7.88. The topological polar surface area (TPSA) is 69.7 Å². The van der Waals surface area contributed by atoms with E-state index in [9.17, 15) is 13.2 Å². The third kappa shape index (κ3) is 5.10. The summed E-state index contributed by atoms with van der Waals surface area (Å²) in [5.41, 5.74) is 4.79. The molecule has 2 atom stereocenters. The molecule has 166 valence electrons. The normalized spacial score (nSPS) is 22.6. The predicted molar refractivity (Wildman–Crippen MR) is 123 cm³/mol. The van der Waals surface area contributed by atoms with Gasteiger partial charge in [-0.1, -0.05) is 48.5 Å². The number of benzene rings is 2. The van der Waals surface area contributed by atoms with Crippen molar-refractivity contribution in [1.29, 1.82) is 0 Å². The van der Waals surface area contributed by atoms with Crippen molar-refractivity contribution in [3.05, 3.63) is 59.7 Å². The Bertz CT molecular complexity index is 1050. The highest BCUT2D eigenvalue weighted by Gasteiger charge is 2.37. The number of urea groups is 1. The molecule has 6 nitrogen and oxygen atoms in total. The van der Waals surface area contributed by atoms with Crippen LogP contribution in [0.1, 0.15) is 30.4 Å². The highest BCUT2D eigenvalue weighted by Crippen LogP contribution is 2.29. The molecule has 31 heavy (non-hydrogen) atoms. The van der Waals surface area contributed by atoms with Crippen molar-refractivity contribution in [2.75, 3.05) is 26.4 Å². The van der Waals surface area contributed by atoms with Crippen LogP contribution >= 0.6 is 0 Å². The molecule has 2 unspecified atom stereocenters. The van der Waals surface area contributed by atoms with Gasteiger partial charge < -0.3 is 9.80 Å². The van der Waals surface area contributed by atoms with Gasteiger partial charge in [-0.25, -0.2) is 17.9 Å². The fourth-order valence-corrected chi connectivity index (χ4v) is 5.73. The third-order valence-electron chi connectivity index (χ3n) is 6.36. The van der Waals surface area contributed by atoms with Crippen molar-refractivity contribution in [3.63, 3.8) is 0 Å². The summed E-state index contributed by atoms with van der Waals surface area (Å²) in [6.07, 6.45) is 5.10. The van der Waals surface area contributed by atoms with E-state index in [-0.39, 0.29) is 18.1 Å². The zero-order chi connectivity index (χ0) is 22.0. The van der Waals surface area contributed by atoms with Crippen LogP contribution in [0, 0.1) is 0 Å². The molecule has 4 rings (SSSR count). The van der Waals surface area contributed by atoms with Gasteiger partial charge in [0, 0.05) is 26.2 Å². The SMILES string of the molecule is CN1CCCc2ccccc2-c2cccc(c2)CC2C(NS(C)(=O)=O)CCCN2C1=O. The Morgan fingerprint density at radius 2 is 1.84 bits per heavy atom. The van der Waals surface area contributed by atoms with E-state index in [0.717, 1.165) is 31.2 Å². The molecule has 0 aliphatic carbocycles. The van der Waals surface area contributed by atoms with Crippen LogP contribution in [0.2, 0.25) is 0 Å². The third-order valence-corrected chi connectivity index (χ3v) is 7.09. The van der Waals surface area contributed by atoms with Gasteiger partial charge in [0.25, 0.3) is 0 Å². The van der Waals surface area contributed by atoms with Crippen molar-refractivity contribution in [3.8, 4) is 11.1 Å². The first-order valence-electron chi connectivity index (χ1n) is 11.0. The Kier molecular flexibility index (Phi) is 6.34. The van der Waals surface area contributed by atoms with Crippen molar-refractivity contribution in [2.24, 2.45) is 0 Å². The Morgan fingerprint density at radius 1 is 1.03 bits per heavy atom. The lowest BCUT2D eigenvalue weighted by atomic mass is 9.90. The van der Waals surface area contributed by atoms with E-state index in [4.69, 9.17) is 0 Å². The second-order valence-electron chi connectivity index (χ2n) is 8.77. The number of carbonyl (C=O) groups excluding carboxylic acids is 1. The van der Waals surface area contributed by atoms with Gasteiger partial charge in [-0.2, -0.15) is 0 Å². The maximum Gasteiger partial charge on any atom is 0.320 e. The summed E-state index contributed by atoms with van der Waals surface area (Å²) in [4.78, 5) is 17.0. The number of aryl methyl sites for hydroxylation is 1. The largest absolute Gasteiger partial charge is 0.328 e. The van der Waals surface area contributed by atoms with Crippen LogP contribution in [0.25, 0.3) is 11.1 Å². The van der Waals surface area contributed by atoms with Gasteiger partial charge in [0.05, 0.1) is 12.3 Å². The van der Waals surface area contributed by atoms with Crippen LogP contribution in [0.4, 0.5) is 4.79 Å². The molecule has 2 bridgehead atoms. The quantitative estimate of drug-likeness (QED) is 0.778. The van der Waals surface area contributed by atoms with E-state index in [0.29, 0.717) is 19.5 Å². The zero-order valence-electron chi connectivity index (χ0n) is 18.3. The highest BCUT2D eigenvalue weighted by atomic mass is 32.2. The summed E-state index contributed by atoms with van der Waals surface area (Å²) in [5, 5.41) is 0. The molecule has 2 aliphatic rings. The Labute approximate surface area is 185 Å². The zero-order valence-corrected chi connectivity index (χ0v) is 19.1. The first-order chi connectivity index (χ1) is 14.8. The Balaban J connectivity index is 1.76. The fraction of sp³-hybridized carbons (Fsp3) is 0.458. The number of carbonyl (C=O) groups is 1. The minimum Gasteiger partial charge on any atom is -0.328 e. The van der Waals surface area contributed by atoms with Gasteiger partial charge in [-0.3, -0.25) is 0 Å². The molecule has 1 fully saturated rings. The summed E-state index contributed by atoms with van der Waals surface area (Å²) in [6.45, 7) is 1.31. The average Bonchev–Trinajstić information content (AvgIpc) is 2.74. The van der Waals surface area contributed by atoms with Crippen molar-refractivity contribution in [2.45, 2.75) is 44.2 Å². The second kappa shape index (κ2) is 9.01. The van der Waals surface area contributed by atoms with Crippen LogP contribution < -0.4 is 4.72 Å². The number of nitrogens with one attached hydrogen (secondary N) is 1. The van der Waals surface area contributed by atoms with Crippen LogP contribution in [-0.2, 0) is 22.9 Å². The number of piperidine rings is 1. The first kappa shape index (κ1) is 21.8. The number of amides is 2. The van der Waals surface area contributed by atoms with Crippen LogP contribution in [-0.4, -0.2) is 62.7 Å². The van der Waals surface area contributed by atoms with E-state index in [1.165, 1.54) is 22.9 Å². The van der Waals surface area contributed by atoms with Gasteiger partial charge in [0.1, 0.15) is 0 Å². The fourth-order valence-electron chi connectivity index (χ4n) is 4.91. The molecule has 1 saturated heterocycles. The number of hydrogen-bond donors (Lipinski definition) is 1. The van der Waals surface area contributed by atoms with Crippen molar-refractivity contribution < 1.29 is 13.2 Å². The van der Waals surface area contributed by atoms with Gasteiger partial charge in [-0.15, -0.1) is 0 Å². The number of nitrogens with zero attached hydrogens (tertiary/aromatic N) is 2. The van der Waals surface area contributed by atoms with E-state index < -0.39 is 10.0 Å². The monoisotopic (exact) mass is 441 g/mol. The van der Waals surface area contributed by atoms with Gasteiger partial charge in [0.15, 0.2) is 0 Å². The molecular formula is C24H31N3O3S. The predicted octanol–water partition coefficient (Wildman–Crippen LogP) is 3.28. The first-order valence-corrected chi connectivity index (χ1v) is 12.9. The van der Waals surface area contributed by atoms with E-state index in [1.54, 1.807) is 4.90 Å². The van der Waals surface area contributed by atoms with Crippen LogP contribution in [0.3, 0.4) is 0 Å². The van der Waals surface area contributed by atoms with E-state index in [2.05, 4.69) is 53.3 Å². The molecule has 0 aromatic heterocycles. The average molecular weight is 442 g/mol. The molecule has 0 radical (unpaired) electrons. The van der Waals surface area contributed by atoms with Gasteiger partial charge in [0.2, 0.25) is 10.0 Å². The number of rotatable bonds is 2. The second-order valence-corrected chi connectivity index (χ2v) is 10.5. The molecule has 2 aromatic rings. The molecular weight excluding hydrogens is 410 g/mol. The standard InChI is InChI=1S/C24H31N3O3S/c1-26-14-6-11-19-9-3-4-12-21(19)20-10-5-8-18(16-20)17-23-22(25-31(2,29)30)13-7-15-27(23)24(26)28/h3-5,8-10,12,16,22-23,25H,6-7,11,13-15,17H2,1-2H3. The van der Waals surface area contributed by atoms with E-state index >= 15 is 0 Å². The van der Waals surface area contributed by atoms with Crippen LogP contribution in [0.5, 0.6) is 0 Å². The summed E-state index contributed by atoms with van der Waals surface area (Å²) in [7, 11) is -1.53. The van der Waals surface area contributed by atoms with Gasteiger partial charge in [-0.05, 0) is 54.4 Å². The van der Waals surface area contributed by atoms with Crippen molar-refractivity contribution in [1.82, 2.24) is 14.5 Å². The number of fused-ring (bicyclic) bond motifs is 5. The van der Waals surface area contributed by atoms with Crippen molar-refractivity contribution >= 4 is 16.1 Å².